The Hall–Kier alpha value is -3.94. The lowest BCUT2D eigenvalue weighted by molar-refractivity contribution is -0.135. The molecule has 0 amide bonds. The Balaban J connectivity index is 2.36. The molecule has 8 heteroatoms. The van der Waals surface area contributed by atoms with Gasteiger partial charge in [-0.25, -0.2) is 9.59 Å². The van der Waals surface area contributed by atoms with Crippen LogP contribution in [-0.2, 0) is 9.59 Å². The molecular formula is C20H18O8. The standard InChI is InChI=1S/C20H18O8/c1-26-16-10-13(3-6-14(16)21)11-18(20(24)25)28-15-7-4-12(5-8-19(22)23)9-17(15)27-2/h3-11,21H,1-2H3,(H,22,23)(H,24,25). The van der Waals surface area contributed by atoms with E-state index < -0.39 is 11.9 Å². The van der Waals surface area contributed by atoms with E-state index in [9.17, 15) is 19.8 Å². The molecule has 146 valence electrons. The van der Waals surface area contributed by atoms with E-state index >= 15 is 0 Å². The highest BCUT2D eigenvalue weighted by Crippen LogP contribution is 2.31. The highest BCUT2D eigenvalue weighted by molar-refractivity contribution is 5.90. The number of phenolic OH excluding ortho intramolecular Hbond substituents is 1. The van der Waals surface area contributed by atoms with Gasteiger partial charge in [-0.1, -0.05) is 12.1 Å². The molecule has 0 aromatic heterocycles. The van der Waals surface area contributed by atoms with Gasteiger partial charge < -0.3 is 29.5 Å². The van der Waals surface area contributed by atoms with Crippen molar-refractivity contribution in [3.63, 3.8) is 0 Å². The summed E-state index contributed by atoms with van der Waals surface area (Å²) in [5.74, 6) is -2.34. The molecule has 0 saturated carbocycles. The number of hydrogen-bond acceptors (Lipinski definition) is 6. The number of carboxylic acid groups (broad SMARTS) is 2. The van der Waals surface area contributed by atoms with Crippen LogP contribution in [0.3, 0.4) is 0 Å². The lowest BCUT2D eigenvalue weighted by atomic mass is 10.1. The monoisotopic (exact) mass is 386 g/mol. The molecule has 3 N–H and O–H groups in total. The van der Waals surface area contributed by atoms with E-state index in [2.05, 4.69) is 0 Å². The van der Waals surface area contributed by atoms with Gasteiger partial charge in [0.1, 0.15) is 0 Å². The van der Waals surface area contributed by atoms with Crippen LogP contribution in [0.4, 0.5) is 0 Å². The van der Waals surface area contributed by atoms with E-state index in [0.29, 0.717) is 11.1 Å². The predicted octanol–water partition coefficient (Wildman–Crippen LogP) is 3.01. The van der Waals surface area contributed by atoms with Crippen LogP contribution in [0.25, 0.3) is 12.2 Å². The Morgan fingerprint density at radius 1 is 0.893 bits per heavy atom. The third-order valence-electron chi connectivity index (χ3n) is 3.54. The maximum Gasteiger partial charge on any atom is 0.371 e. The van der Waals surface area contributed by atoms with Crippen LogP contribution in [0.5, 0.6) is 23.0 Å². The topological polar surface area (TPSA) is 123 Å². The molecule has 0 heterocycles. The average molecular weight is 386 g/mol. The number of methoxy groups -OCH3 is 2. The summed E-state index contributed by atoms with van der Waals surface area (Å²) in [5, 5.41) is 27.8. The van der Waals surface area contributed by atoms with Gasteiger partial charge in [0.05, 0.1) is 14.2 Å². The number of aromatic hydroxyl groups is 1. The average Bonchev–Trinajstić information content (AvgIpc) is 2.67. The van der Waals surface area contributed by atoms with Crippen molar-refractivity contribution in [2.75, 3.05) is 14.2 Å². The fraction of sp³-hybridized carbons (Fsp3) is 0.100. The number of benzene rings is 2. The summed E-state index contributed by atoms with van der Waals surface area (Å²) in [7, 11) is 2.75. The Bertz CT molecular complexity index is 943. The van der Waals surface area contributed by atoms with Crippen molar-refractivity contribution in [1.29, 1.82) is 0 Å². The first kappa shape index (κ1) is 20.4. The molecule has 28 heavy (non-hydrogen) atoms. The van der Waals surface area contributed by atoms with Crippen LogP contribution < -0.4 is 14.2 Å². The zero-order valence-corrected chi connectivity index (χ0v) is 15.1. The molecule has 0 aliphatic heterocycles. The third-order valence-corrected chi connectivity index (χ3v) is 3.54. The lowest BCUT2D eigenvalue weighted by Crippen LogP contribution is -2.08. The highest BCUT2D eigenvalue weighted by atomic mass is 16.5. The molecule has 2 aromatic carbocycles. The van der Waals surface area contributed by atoms with Crippen molar-refractivity contribution in [2.45, 2.75) is 0 Å². The quantitative estimate of drug-likeness (QED) is 0.467. The first-order valence-electron chi connectivity index (χ1n) is 7.93. The smallest absolute Gasteiger partial charge is 0.371 e. The van der Waals surface area contributed by atoms with Crippen LogP contribution in [0.1, 0.15) is 11.1 Å². The predicted molar refractivity (Wildman–Crippen MR) is 101 cm³/mol. The number of rotatable bonds is 8. The Kier molecular flexibility index (Phi) is 6.64. The molecule has 8 nitrogen and oxygen atoms in total. The minimum atomic E-state index is -1.32. The fourth-order valence-corrected chi connectivity index (χ4v) is 2.23. The summed E-state index contributed by atoms with van der Waals surface area (Å²) >= 11 is 0. The van der Waals surface area contributed by atoms with E-state index in [4.69, 9.17) is 19.3 Å². The normalized spacial score (nSPS) is 11.3. The van der Waals surface area contributed by atoms with Gasteiger partial charge in [-0.3, -0.25) is 0 Å². The number of phenols is 1. The molecule has 0 atom stereocenters. The first-order valence-corrected chi connectivity index (χ1v) is 7.93. The minimum Gasteiger partial charge on any atom is -0.504 e. The Morgan fingerprint density at radius 3 is 2.14 bits per heavy atom. The largest absolute Gasteiger partial charge is 0.504 e. The molecular weight excluding hydrogens is 368 g/mol. The maximum absolute atomic E-state index is 11.6. The second-order valence-corrected chi connectivity index (χ2v) is 5.43. The summed E-state index contributed by atoms with van der Waals surface area (Å²) in [6, 6.07) is 8.86. The van der Waals surface area contributed by atoms with Crippen molar-refractivity contribution in [3.8, 4) is 23.0 Å². The summed E-state index contributed by atoms with van der Waals surface area (Å²) in [4.78, 5) is 22.2. The molecule has 0 aliphatic rings. The lowest BCUT2D eigenvalue weighted by Gasteiger charge is -2.12. The molecule has 0 unspecified atom stereocenters. The zero-order chi connectivity index (χ0) is 20.7. The number of aliphatic carboxylic acids is 2. The van der Waals surface area contributed by atoms with E-state index in [-0.39, 0.29) is 28.8 Å². The van der Waals surface area contributed by atoms with Crippen LogP contribution in [-0.4, -0.2) is 41.5 Å². The minimum absolute atomic E-state index is 0.0795. The van der Waals surface area contributed by atoms with Crippen LogP contribution in [0, 0.1) is 0 Å². The van der Waals surface area contributed by atoms with Crippen LogP contribution in [0.2, 0.25) is 0 Å². The van der Waals surface area contributed by atoms with Crippen molar-refractivity contribution < 1.29 is 39.1 Å². The van der Waals surface area contributed by atoms with E-state index in [1.54, 1.807) is 6.07 Å². The van der Waals surface area contributed by atoms with E-state index in [1.165, 1.54) is 56.7 Å². The number of carbonyl (C=O) groups is 2. The fourth-order valence-electron chi connectivity index (χ4n) is 2.23. The Labute approximate surface area is 160 Å². The summed E-state index contributed by atoms with van der Waals surface area (Å²) < 4.78 is 15.7. The SMILES string of the molecule is COc1cc(C=C(Oc2ccc(C=CC(=O)O)cc2OC)C(=O)O)ccc1O. The summed E-state index contributed by atoms with van der Waals surface area (Å²) in [6.45, 7) is 0. The third kappa shape index (κ3) is 5.28. The van der Waals surface area contributed by atoms with Crippen molar-refractivity contribution >= 4 is 24.1 Å². The van der Waals surface area contributed by atoms with Gasteiger partial charge in [0.2, 0.25) is 5.76 Å². The molecule has 0 saturated heterocycles. The van der Waals surface area contributed by atoms with Crippen molar-refractivity contribution in [2.24, 2.45) is 0 Å². The molecule has 0 fully saturated rings. The number of ether oxygens (including phenoxy) is 3. The van der Waals surface area contributed by atoms with Gasteiger partial charge in [0.25, 0.3) is 0 Å². The van der Waals surface area contributed by atoms with Gasteiger partial charge in [-0.15, -0.1) is 0 Å². The van der Waals surface area contributed by atoms with Crippen LogP contribution >= 0.6 is 0 Å². The van der Waals surface area contributed by atoms with Gasteiger partial charge >= 0.3 is 11.9 Å². The second-order valence-electron chi connectivity index (χ2n) is 5.43. The van der Waals surface area contributed by atoms with Gasteiger partial charge in [-0.05, 0) is 47.5 Å². The summed E-state index contributed by atoms with van der Waals surface area (Å²) in [5.41, 5.74) is 0.975. The van der Waals surface area contributed by atoms with E-state index in [0.717, 1.165) is 6.08 Å². The molecule has 0 bridgehead atoms. The van der Waals surface area contributed by atoms with Gasteiger partial charge in [0, 0.05) is 6.08 Å². The second kappa shape index (κ2) is 9.13. The number of carboxylic acids is 2. The van der Waals surface area contributed by atoms with Crippen LogP contribution in [0.15, 0.2) is 48.2 Å². The maximum atomic E-state index is 11.6. The molecule has 2 rings (SSSR count). The van der Waals surface area contributed by atoms with Crippen molar-refractivity contribution in [3.05, 3.63) is 59.4 Å². The first-order chi connectivity index (χ1) is 13.3. The number of hydrogen-bond donors (Lipinski definition) is 3. The molecule has 0 spiro atoms. The summed E-state index contributed by atoms with van der Waals surface area (Å²) in [6.07, 6.45) is 3.60. The highest BCUT2D eigenvalue weighted by Gasteiger charge is 2.15. The Morgan fingerprint density at radius 2 is 1.54 bits per heavy atom. The van der Waals surface area contributed by atoms with Gasteiger partial charge in [0.15, 0.2) is 23.0 Å². The van der Waals surface area contributed by atoms with Gasteiger partial charge in [-0.2, -0.15) is 0 Å². The molecule has 2 aromatic rings. The molecule has 0 aliphatic carbocycles. The van der Waals surface area contributed by atoms with E-state index in [1.807, 2.05) is 0 Å². The van der Waals surface area contributed by atoms with Crippen molar-refractivity contribution in [1.82, 2.24) is 0 Å². The zero-order valence-electron chi connectivity index (χ0n) is 15.1. The molecule has 0 radical (unpaired) electrons.